The first-order chi connectivity index (χ1) is 13.9. The van der Waals surface area contributed by atoms with Crippen molar-refractivity contribution >= 4 is 56.8 Å². The number of rotatable bonds is 3. The van der Waals surface area contributed by atoms with Crippen LogP contribution in [0.2, 0.25) is 5.02 Å². The lowest BCUT2D eigenvalue weighted by molar-refractivity contribution is 0.0977. The van der Waals surface area contributed by atoms with E-state index in [0.717, 1.165) is 32.6 Å². The van der Waals surface area contributed by atoms with Gasteiger partial charge in [0.2, 0.25) is 4.96 Å². The number of aryl methyl sites for hydroxylation is 1. The standard InChI is InChI=1S/C19H15ClN6OS2/c1-10-14(17-25-26-11(2)23-24-19(26)29-17)7-4-8-15(10)21-18(28)22-16(27)12-5-3-6-13(20)9-12/h3-9H,1-2H3,(H2,21,22,27,28). The molecule has 4 aromatic rings. The van der Waals surface area contributed by atoms with Gasteiger partial charge in [0.15, 0.2) is 10.9 Å². The van der Waals surface area contributed by atoms with Crippen molar-refractivity contribution in [2.45, 2.75) is 13.8 Å². The molecule has 146 valence electrons. The van der Waals surface area contributed by atoms with Crippen LogP contribution in [-0.4, -0.2) is 30.8 Å². The Kier molecular flexibility index (Phi) is 5.27. The molecule has 1 amide bonds. The quantitative estimate of drug-likeness (QED) is 0.461. The summed E-state index contributed by atoms with van der Waals surface area (Å²) in [5.41, 5.74) is 3.12. The summed E-state index contributed by atoms with van der Waals surface area (Å²) in [6.07, 6.45) is 0. The minimum atomic E-state index is -0.331. The average molecular weight is 443 g/mol. The first-order valence-electron chi connectivity index (χ1n) is 8.59. The smallest absolute Gasteiger partial charge is 0.257 e. The van der Waals surface area contributed by atoms with Crippen LogP contribution in [0.15, 0.2) is 42.5 Å². The second-order valence-electron chi connectivity index (χ2n) is 6.25. The minimum absolute atomic E-state index is 0.198. The number of hydrogen-bond donors (Lipinski definition) is 2. The molecule has 0 fully saturated rings. The van der Waals surface area contributed by atoms with Crippen molar-refractivity contribution in [1.29, 1.82) is 0 Å². The molecule has 29 heavy (non-hydrogen) atoms. The van der Waals surface area contributed by atoms with Gasteiger partial charge in [-0.15, -0.1) is 10.2 Å². The number of carbonyl (C=O) groups excluding carboxylic acids is 1. The van der Waals surface area contributed by atoms with Crippen LogP contribution in [0.5, 0.6) is 0 Å². The van der Waals surface area contributed by atoms with Crippen molar-refractivity contribution in [3.8, 4) is 10.6 Å². The third kappa shape index (κ3) is 3.98. The van der Waals surface area contributed by atoms with Gasteiger partial charge in [-0.3, -0.25) is 10.1 Å². The highest BCUT2D eigenvalue weighted by atomic mass is 35.5. The highest BCUT2D eigenvalue weighted by Crippen LogP contribution is 2.31. The molecule has 10 heteroatoms. The molecular weight excluding hydrogens is 428 g/mol. The summed E-state index contributed by atoms with van der Waals surface area (Å²) >= 11 is 12.7. The summed E-state index contributed by atoms with van der Waals surface area (Å²) in [6.45, 7) is 3.82. The van der Waals surface area contributed by atoms with Gasteiger partial charge in [0.25, 0.3) is 5.91 Å². The average Bonchev–Trinajstić information content (AvgIpc) is 3.25. The fourth-order valence-electron chi connectivity index (χ4n) is 2.78. The molecule has 2 aromatic heterocycles. The largest absolute Gasteiger partial charge is 0.332 e. The summed E-state index contributed by atoms with van der Waals surface area (Å²) in [5.74, 6) is 0.405. The lowest BCUT2D eigenvalue weighted by Crippen LogP contribution is -2.34. The molecule has 0 aliphatic rings. The number of benzene rings is 2. The number of halogens is 1. The lowest BCUT2D eigenvalue weighted by atomic mass is 10.1. The Balaban J connectivity index is 1.54. The van der Waals surface area contributed by atoms with E-state index in [-0.39, 0.29) is 11.0 Å². The molecule has 2 N–H and O–H groups in total. The zero-order valence-corrected chi connectivity index (χ0v) is 17.8. The van der Waals surface area contributed by atoms with Crippen LogP contribution in [0, 0.1) is 13.8 Å². The van der Waals surface area contributed by atoms with Crippen LogP contribution in [-0.2, 0) is 0 Å². The number of nitrogens with zero attached hydrogens (tertiary/aromatic N) is 4. The van der Waals surface area contributed by atoms with E-state index < -0.39 is 0 Å². The van der Waals surface area contributed by atoms with E-state index in [9.17, 15) is 4.79 Å². The Hall–Kier alpha value is -2.88. The fraction of sp³-hybridized carbons (Fsp3) is 0.105. The molecule has 0 saturated heterocycles. The van der Waals surface area contributed by atoms with Gasteiger partial charge in [0.1, 0.15) is 5.01 Å². The predicted molar refractivity (Wildman–Crippen MR) is 119 cm³/mol. The summed E-state index contributed by atoms with van der Waals surface area (Å²) in [7, 11) is 0. The number of hydrogen-bond acceptors (Lipinski definition) is 6. The molecule has 0 unspecified atom stereocenters. The van der Waals surface area contributed by atoms with Crippen LogP contribution in [0.4, 0.5) is 5.69 Å². The van der Waals surface area contributed by atoms with Gasteiger partial charge in [0, 0.05) is 21.8 Å². The van der Waals surface area contributed by atoms with Crippen LogP contribution < -0.4 is 10.6 Å². The molecule has 2 aromatic carbocycles. The second-order valence-corrected chi connectivity index (χ2v) is 8.05. The van der Waals surface area contributed by atoms with Crippen molar-refractivity contribution in [3.05, 3.63) is 64.4 Å². The number of thiocarbonyl (C=S) groups is 1. The van der Waals surface area contributed by atoms with Crippen LogP contribution in [0.25, 0.3) is 15.5 Å². The molecule has 0 aliphatic heterocycles. The molecule has 0 saturated carbocycles. The van der Waals surface area contributed by atoms with E-state index in [4.69, 9.17) is 23.8 Å². The maximum atomic E-state index is 12.4. The van der Waals surface area contributed by atoms with Gasteiger partial charge < -0.3 is 5.32 Å². The van der Waals surface area contributed by atoms with Gasteiger partial charge >= 0.3 is 0 Å². The predicted octanol–water partition coefficient (Wildman–Crippen LogP) is 4.25. The van der Waals surface area contributed by atoms with Gasteiger partial charge in [-0.2, -0.15) is 9.61 Å². The molecule has 0 spiro atoms. The second kappa shape index (κ2) is 7.86. The Morgan fingerprint density at radius 1 is 1.17 bits per heavy atom. The Labute approximate surface area is 180 Å². The molecule has 0 bridgehead atoms. The fourth-order valence-corrected chi connectivity index (χ4v) is 4.15. The number of nitrogens with one attached hydrogen (secondary N) is 2. The molecule has 0 radical (unpaired) electrons. The summed E-state index contributed by atoms with van der Waals surface area (Å²) < 4.78 is 1.72. The third-order valence-corrected chi connectivity index (χ3v) is 5.64. The van der Waals surface area contributed by atoms with E-state index in [1.54, 1.807) is 28.8 Å². The van der Waals surface area contributed by atoms with Crippen molar-refractivity contribution in [3.63, 3.8) is 0 Å². The first kappa shape index (κ1) is 19.4. The Bertz CT molecular complexity index is 1250. The number of amides is 1. The number of anilines is 1. The topological polar surface area (TPSA) is 84.2 Å². The minimum Gasteiger partial charge on any atom is -0.332 e. The van der Waals surface area contributed by atoms with E-state index >= 15 is 0 Å². The maximum absolute atomic E-state index is 12.4. The zero-order chi connectivity index (χ0) is 20.5. The highest BCUT2D eigenvalue weighted by molar-refractivity contribution is 7.80. The lowest BCUT2D eigenvalue weighted by Gasteiger charge is -2.13. The SMILES string of the molecule is Cc1c(NC(=S)NC(=O)c2cccc(Cl)c2)cccc1-c1nn2c(C)nnc2s1. The molecule has 2 heterocycles. The van der Waals surface area contributed by atoms with Gasteiger partial charge in [-0.1, -0.05) is 41.1 Å². The monoisotopic (exact) mass is 442 g/mol. The van der Waals surface area contributed by atoms with Crippen LogP contribution in [0.1, 0.15) is 21.7 Å². The molecular formula is C19H15ClN6OS2. The van der Waals surface area contributed by atoms with E-state index in [2.05, 4.69) is 25.9 Å². The van der Waals surface area contributed by atoms with Crippen molar-refractivity contribution in [2.24, 2.45) is 0 Å². The third-order valence-electron chi connectivity index (χ3n) is 4.27. The summed E-state index contributed by atoms with van der Waals surface area (Å²) in [5, 5.41) is 20.0. The molecule has 7 nitrogen and oxygen atoms in total. The van der Waals surface area contributed by atoms with Crippen LogP contribution in [0.3, 0.4) is 0 Å². The number of fused-ring (bicyclic) bond motifs is 1. The van der Waals surface area contributed by atoms with Crippen molar-refractivity contribution < 1.29 is 4.79 Å². The molecule has 0 aliphatic carbocycles. The van der Waals surface area contributed by atoms with Crippen molar-refractivity contribution in [2.75, 3.05) is 5.32 Å². The van der Waals surface area contributed by atoms with E-state index in [0.29, 0.717) is 10.6 Å². The normalized spacial score (nSPS) is 10.9. The van der Waals surface area contributed by atoms with Gasteiger partial charge in [0.05, 0.1) is 0 Å². The Morgan fingerprint density at radius 2 is 1.97 bits per heavy atom. The molecule has 0 atom stereocenters. The zero-order valence-electron chi connectivity index (χ0n) is 15.4. The van der Waals surface area contributed by atoms with Gasteiger partial charge in [-0.05, 0) is 55.9 Å². The number of aromatic nitrogens is 4. The maximum Gasteiger partial charge on any atom is 0.257 e. The van der Waals surface area contributed by atoms with Crippen LogP contribution >= 0.6 is 35.2 Å². The van der Waals surface area contributed by atoms with Crippen molar-refractivity contribution in [1.82, 2.24) is 25.1 Å². The summed E-state index contributed by atoms with van der Waals surface area (Å²) in [4.78, 5) is 13.1. The summed E-state index contributed by atoms with van der Waals surface area (Å²) in [6, 6.07) is 12.5. The number of carbonyl (C=O) groups is 1. The van der Waals surface area contributed by atoms with E-state index in [1.165, 1.54) is 11.3 Å². The molecule has 4 rings (SSSR count). The first-order valence-corrected chi connectivity index (χ1v) is 10.2. The van der Waals surface area contributed by atoms with Gasteiger partial charge in [-0.25, -0.2) is 0 Å². The highest BCUT2D eigenvalue weighted by Gasteiger charge is 2.15. The Morgan fingerprint density at radius 3 is 2.72 bits per heavy atom. The van der Waals surface area contributed by atoms with E-state index in [1.807, 2.05) is 32.0 Å².